The van der Waals surface area contributed by atoms with Crippen LogP contribution in [0.1, 0.15) is 12.1 Å². The Morgan fingerprint density at radius 1 is 1.12 bits per heavy atom. The number of aromatic nitrogens is 2. The molecule has 0 bridgehead atoms. The average Bonchev–Trinajstić information content (AvgIpc) is 2.66. The largest absolute Gasteiger partial charge is 0.487 e. The zero-order valence-corrected chi connectivity index (χ0v) is 14.3. The minimum absolute atomic E-state index is 0.300. The van der Waals surface area contributed by atoms with Gasteiger partial charge in [-0.15, -0.1) is 0 Å². The van der Waals surface area contributed by atoms with Crippen LogP contribution in [0.4, 0.5) is 4.39 Å². The molecule has 5 nitrogen and oxygen atoms in total. The zero-order valence-electron chi connectivity index (χ0n) is 14.3. The minimum atomic E-state index is -0.651. The highest BCUT2D eigenvalue weighted by atomic mass is 19.1. The fourth-order valence-corrected chi connectivity index (χ4v) is 3.34. The van der Waals surface area contributed by atoms with Crippen molar-refractivity contribution in [1.29, 1.82) is 0 Å². The van der Waals surface area contributed by atoms with E-state index in [1.54, 1.807) is 18.5 Å². The number of benzene rings is 1. The molecule has 0 aliphatic carbocycles. The van der Waals surface area contributed by atoms with E-state index in [1.165, 1.54) is 6.07 Å². The van der Waals surface area contributed by atoms with Gasteiger partial charge in [-0.05, 0) is 42.8 Å². The molecule has 4 rings (SSSR count). The van der Waals surface area contributed by atoms with Gasteiger partial charge in [0.15, 0.2) is 0 Å². The molecule has 1 saturated heterocycles. The monoisotopic (exact) mass is 353 g/mol. The Balaban J connectivity index is 1.43. The standard InChI is InChI=1S/C20H20FN3O2/c21-15-5-3-10-23-17(15)12-24-11-8-20(18(25)13-24)26-19-7-1-6-16-14(19)4-2-9-22-16/h1-7,9-10,18,20,25H,8,11-13H2/t18-,20-/m1/s1. The van der Waals surface area contributed by atoms with E-state index in [4.69, 9.17) is 4.74 Å². The minimum Gasteiger partial charge on any atom is -0.487 e. The molecule has 1 N–H and O–H groups in total. The summed E-state index contributed by atoms with van der Waals surface area (Å²) in [6.07, 6.45) is 3.04. The summed E-state index contributed by atoms with van der Waals surface area (Å²) >= 11 is 0. The van der Waals surface area contributed by atoms with Gasteiger partial charge < -0.3 is 9.84 Å². The van der Waals surface area contributed by atoms with Crippen molar-refractivity contribution in [1.82, 2.24) is 14.9 Å². The fourth-order valence-electron chi connectivity index (χ4n) is 3.34. The Bertz CT molecular complexity index is 900. The molecule has 1 fully saturated rings. The number of aliphatic hydroxyl groups excluding tert-OH is 1. The van der Waals surface area contributed by atoms with Crippen LogP contribution < -0.4 is 4.74 Å². The Kier molecular flexibility index (Phi) is 4.77. The summed E-state index contributed by atoms with van der Waals surface area (Å²) in [5, 5.41) is 11.5. The van der Waals surface area contributed by atoms with Crippen molar-refractivity contribution in [2.45, 2.75) is 25.2 Å². The third kappa shape index (κ3) is 3.52. The highest BCUT2D eigenvalue weighted by Crippen LogP contribution is 2.27. The molecule has 1 aliphatic heterocycles. The first-order valence-electron chi connectivity index (χ1n) is 8.71. The number of β-amino-alcohol motifs (C(OH)–C–C–N with tert-alkyl or cyclic N) is 1. The van der Waals surface area contributed by atoms with Gasteiger partial charge in [-0.3, -0.25) is 14.9 Å². The molecule has 1 aliphatic rings. The number of halogens is 1. The lowest BCUT2D eigenvalue weighted by Crippen LogP contribution is -2.48. The van der Waals surface area contributed by atoms with Gasteiger partial charge in [-0.2, -0.15) is 0 Å². The quantitative estimate of drug-likeness (QED) is 0.782. The summed E-state index contributed by atoms with van der Waals surface area (Å²) in [6, 6.07) is 12.5. The van der Waals surface area contributed by atoms with E-state index in [0.29, 0.717) is 31.7 Å². The van der Waals surface area contributed by atoms with Gasteiger partial charge in [0.2, 0.25) is 0 Å². The first-order chi connectivity index (χ1) is 12.7. The number of hydrogen-bond donors (Lipinski definition) is 1. The Morgan fingerprint density at radius 2 is 1.96 bits per heavy atom. The Labute approximate surface area is 151 Å². The second kappa shape index (κ2) is 7.35. The average molecular weight is 353 g/mol. The lowest BCUT2D eigenvalue weighted by atomic mass is 10.0. The van der Waals surface area contributed by atoms with E-state index in [1.807, 2.05) is 35.2 Å². The van der Waals surface area contributed by atoms with Crippen LogP contribution in [-0.4, -0.2) is 45.3 Å². The third-order valence-electron chi connectivity index (χ3n) is 4.70. The molecule has 2 aromatic heterocycles. The van der Waals surface area contributed by atoms with E-state index < -0.39 is 6.10 Å². The normalized spacial score (nSPS) is 21.0. The van der Waals surface area contributed by atoms with Crippen LogP contribution in [0.3, 0.4) is 0 Å². The van der Waals surface area contributed by atoms with Crippen molar-refractivity contribution >= 4 is 10.9 Å². The zero-order chi connectivity index (χ0) is 17.9. The molecule has 6 heteroatoms. The second-order valence-corrected chi connectivity index (χ2v) is 6.51. The summed E-state index contributed by atoms with van der Waals surface area (Å²) in [7, 11) is 0. The molecule has 0 unspecified atom stereocenters. The van der Waals surface area contributed by atoms with Gasteiger partial charge in [0.25, 0.3) is 0 Å². The van der Waals surface area contributed by atoms with Crippen molar-refractivity contribution in [2.75, 3.05) is 13.1 Å². The van der Waals surface area contributed by atoms with E-state index in [9.17, 15) is 9.50 Å². The van der Waals surface area contributed by atoms with Crippen molar-refractivity contribution in [3.05, 3.63) is 66.4 Å². The van der Waals surface area contributed by atoms with Crippen LogP contribution in [0.15, 0.2) is 54.9 Å². The number of nitrogens with zero attached hydrogens (tertiary/aromatic N) is 3. The van der Waals surface area contributed by atoms with Crippen LogP contribution >= 0.6 is 0 Å². The second-order valence-electron chi connectivity index (χ2n) is 6.51. The molecule has 0 radical (unpaired) electrons. The van der Waals surface area contributed by atoms with Crippen molar-refractivity contribution in [3.63, 3.8) is 0 Å². The van der Waals surface area contributed by atoms with E-state index in [2.05, 4.69) is 9.97 Å². The number of likely N-dealkylation sites (tertiary alicyclic amines) is 1. The lowest BCUT2D eigenvalue weighted by molar-refractivity contribution is -0.0274. The molecule has 26 heavy (non-hydrogen) atoms. The Morgan fingerprint density at radius 3 is 2.81 bits per heavy atom. The first kappa shape index (κ1) is 16.9. The maximum atomic E-state index is 13.8. The number of aliphatic hydroxyl groups is 1. The van der Waals surface area contributed by atoms with Gasteiger partial charge in [-0.25, -0.2) is 4.39 Å². The maximum absolute atomic E-state index is 13.8. The number of fused-ring (bicyclic) bond motifs is 1. The smallest absolute Gasteiger partial charge is 0.146 e. The molecule has 0 spiro atoms. The maximum Gasteiger partial charge on any atom is 0.146 e. The van der Waals surface area contributed by atoms with Gasteiger partial charge in [0, 0.05) is 37.4 Å². The third-order valence-corrected chi connectivity index (χ3v) is 4.70. The number of piperidine rings is 1. The van der Waals surface area contributed by atoms with E-state index in [-0.39, 0.29) is 11.9 Å². The van der Waals surface area contributed by atoms with Gasteiger partial charge in [0.1, 0.15) is 23.8 Å². The lowest BCUT2D eigenvalue weighted by Gasteiger charge is -2.35. The van der Waals surface area contributed by atoms with Crippen molar-refractivity contribution in [3.8, 4) is 5.75 Å². The van der Waals surface area contributed by atoms with Gasteiger partial charge >= 0.3 is 0 Å². The van der Waals surface area contributed by atoms with Crippen LogP contribution in [0.25, 0.3) is 10.9 Å². The van der Waals surface area contributed by atoms with Crippen LogP contribution in [0.5, 0.6) is 5.75 Å². The number of hydrogen-bond acceptors (Lipinski definition) is 5. The number of rotatable bonds is 4. The summed E-state index contributed by atoms with van der Waals surface area (Å²) in [5.74, 6) is 0.410. The van der Waals surface area contributed by atoms with E-state index >= 15 is 0 Å². The molecule has 3 aromatic rings. The molecule has 1 aromatic carbocycles. The summed E-state index contributed by atoms with van der Waals surface area (Å²) in [6.45, 7) is 1.51. The topological polar surface area (TPSA) is 58.5 Å². The van der Waals surface area contributed by atoms with E-state index in [0.717, 1.165) is 16.7 Å². The fraction of sp³-hybridized carbons (Fsp3) is 0.300. The predicted molar refractivity (Wildman–Crippen MR) is 96.3 cm³/mol. The number of ether oxygens (including phenoxy) is 1. The number of pyridine rings is 2. The molecule has 2 atom stereocenters. The molecular weight excluding hydrogens is 333 g/mol. The SMILES string of the molecule is O[C@@H]1CN(Cc2ncccc2F)CC[C@H]1Oc1cccc2ncccc12. The predicted octanol–water partition coefficient (Wildman–Crippen LogP) is 2.78. The Hall–Kier alpha value is -2.57. The van der Waals surface area contributed by atoms with Crippen LogP contribution in [0, 0.1) is 5.82 Å². The molecule has 134 valence electrons. The first-order valence-corrected chi connectivity index (χ1v) is 8.71. The highest BCUT2D eigenvalue weighted by molar-refractivity contribution is 5.84. The molecule has 0 saturated carbocycles. The molecule has 0 amide bonds. The highest BCUT2D eigenvalue weighted by Gasteiger charge is 2.30. The van der Waals surface area contributed by atoms with Crippen LogP contribution in [0.2, 0.25) is 0 Å². The summed E-state index contributed by atoms with van der Waals surface area (Å²) < 4.78 is 19.9. The summed E-state index contributed by atoms with van der Waals surface area (Å²) in [5.41, 5.74) is 1.27. The van der Waals surface area contributed by atoms with Crippen LogP contribution in [-0.2, 0) is 6.54 Å². The van der Waals surface area contributed by atoms with Gasteiger partial charge in [0.05, 0.1) is 11.2 Å². The summed E-state index contributed by atoms with van der Waals surface area (Å²) in [4.78, 5) is 10.4. The van der Waals surface area contributed by atoms with Crippen molar-refractivity contribution < 1.29 is 14.2 Å². The van der Waals surface area contributed by atoms with Gasteiger partial charge in [-0.1, -0.05) is 6.07 Å². The molecule has 3 heterocycles. The van der Waals surface area contributed by atoms with Crippen molar-refractivity contribution in [2.24, 2.45) is 0 Å². The molecular formula is C20H20FN3O2.